The first kappa shape index (κ1) is 29.9. The summed E-state index contributed by atoms with van der Waals surface area (Å²) in [6.45, 7) is 3.43. The van der Waals surface area contributed by atoms with Crippen molar-refractivity contribution in [3.8, 4) is 5.75 Å². The number of aliphatic hydroxyl groups is 1. The van der Waals surface area contributed by atoms with E-state index in [-0.39, 0.29) is 12.7 Å². The van der Waals surface area contributed by atoms with Gasteiger partial charge < -0.3 is 24.1 Å². The van der Waals surface area contributed by atoms with E-state index in [1.54, 1.807) is 0 Å². The highest BCUT2D eigenvalue weighted by atomic mass is 35.5. The smallest absolute Gasteiger partial charge is 0.123 e. The molecule has 4 aromatic carbocycles. The van der Waals surface area contributed by atoms with E-state index in [1.807, 2.05) is 61.5 Å². The van der Waals surface area contributed by atoms with Crippen LogP contribution in [0.1, 0.15) is 54.0 Å². The first-order valence-corrected chi connectivity index (χ1v) is 15.5. The molecule has 1 unspecified atom stereocenters. The number of benzene rings is 4. The molecule has 2 fully saturated rings. The Labute approximate surface area is 259 Å². The molecule has 0 aromatic heterocycles. The Balaban J connectivity index is 1.34. The zero-order chi connectivity index (χ0) is 29.7. The summed E-state index contributed by atoms with van der Waals surface area (Å²) >= 11 is 6.78. The van der Waals surface area contributed by atoms with Crippen LogP contribution < -0.4 is 4.74 Å². The predicted octanol–water partition coefficient (Wildman–Crippen LogP) is 7.64. The normalized spacial score (nSPS) is 24.6. The molecule has 4 aromatic rings. The third-order valence-electron chi connectivity index (χ3n) is 8.75. The van der Waals surface area contributed by atoms with Gasteiger partial charge in [-0.05, 0) is 72.2 Å². The van der Waals surface area contributed by atoms with E-state index in [0.29, 0.717) is 44.1 Å². The summed E-state index contributed by atoms with van der Waals surface area (Å²) in [5.74, 6) is 0.854. The molecular weight excluding hydrogens is 560 g/mol. The summed E-state index contributed by atoms with van der Waals surface area (Å²) < 4.78 is 26.0. The molecule has 0 aliphatic carbocycles. The van der Waals surface area contributed by atoms with Gasteiger partial charge in [-0.15, -0.1) is 0 Å². The van der Waals surface area contributed by atoms with Gasteiger partial charge >= 0.3 is 0 Å². The molecule has 43 heavy (non-hydrogen) atoms. The minimum Gasteiger partial charge on any atom is -0.494 e. The highest BCUT2D eigenvalue weighted by Gasteiger charge is 2.62. The number of rotatable bonds is 12. The third-order valence-corrected chi connectivity index (χ3v) is 9.12. The lowest BCUT2D eigenvalue weighted by Gasteiger charge is -2.49. The van der Waals surface area contributed by atoms with Gasteiger partial charge in [0.15, 0.2) is 0 Å². The lowest BCUT2D eigenvalue weighted by molar-refractivity contribution is -0.270. The second kappa shape index (κ2) is 13.2. The summed E-state index contributed by atoms with van der Waals surface area (Å²) in [5, 5.41) is 11.3. The Morgan fingerprint density at radius 2 is 1.49 bits per heavy atom. The van der Waals surface area contributed by atoms with Crippen LogP contribution in [0.25, 0.3) is 0 Å². The average Bonchev–Trinajstić information content (AvgIpc) is 3.37. The van der Waals surface area contributed by atoms with Crippen molar-refractivity contribution in [3.05, 3.63) is 136 Å². The summed E-state index contributed by atoms with van der Waals surface area (Å²) in [5.41, 5.74) is 3.85. The topological polar surface area (TPSA) is 57.2 Å². The first-order chi connectivity index (χ1) is 21.0. The molecule has 0 saturated carbocycles. The molecule has 6 heteroatoms. The molecule has 0 amide bonds. The molecule has 5 nitrogen and oxygen atoms in total. The van der Waals surface area contributed by atoms with Crippen LogP contribution in [0, 0.1) is 0 Å². The molecule has 2 aliphatic heterocycles. The van der Waals surface area contributed by atoms with Crippen molar-refractivity contribution < 1.29 is 24.1 Å². The van der Waals surface area contributed by atoms with Gasteiger partial charge in [-0.2, -0.15) is 0 Å². The van der Waals surface area contributed by atoms with Crippen LogP contribution in [0.2, 0.25) is 5.02 Å². The summed E-state index contributed by atoms with van der Waals surface area (Å²) in [6.07, 6.45) is 1.99. The fraction of sp³-hybridized carbons (Fsp3) is 0.351. The second-order valence-corrected chi connectivity index (χ2v) is 12.1. The van der Waals surface area contributed by atoms with E-state index in [9.17, 15) is 5.11 Å². The van der Waals surface area contributed by atoms with E-state index in [2.05, 4.69) is 48.5 Å². The van der Waals surface area contributed by atoms with Crippen molar-refractivity contribution in [3.63, 3.8) is 0 Å². The molecular formula is C37H39ClO5. The summed E-state index contributed by atoms with van der Waals surface area (Å²) in [6, 6.07) is 34.7. The Hall–Kier alpha value is -3.19. The molecule has 1 N–H and O–H groups in total. The number of hydrogen-bond donors (Lipinski definition) is 1. The molecule has 0 radical (unpaired) electrons. The Morgan fingerprint density at radius 1 is 0.814 bits per heavy atom. The van der Waals surface area contributed by atoms with Gasteiger partial charge in [0.2, 0.25) is 0 Å². The van der Waals surface area contributed by atoms with Crippen molar-refractivity contribution >= 4 is 11.6 Å². The maximum atomic E-state index is 10.6. The Morgan fingerprint density at radius 3 is 2.14 bits per heavy atom. The minimum atomic E-state index is -0.796. The maximum absolute atomic E-state index is 10.6. The molecule has 6 rings (SSSR count). The van der Waals surface area contributed by atoms with Gasteiger partial charge in [0.1, 0.15) is 17.5 Å². The predicted molar refractivity (Wildman–Crippen MR) is 168 cm³/mol. The van der Waals surface area contributed by atoms with Crippen molar-refractivity contribution in [1.29, 1.82) is 0 Å². The van der Waals surface area contributed by atoms with Crippen molar-refractivity contribution in [2.24, 2.45) is 0 Å². The van der Waals surface area contributed by atoms with Gasteiger partial charge in [-0.1, -0.05) is 96.5 Å². The van der Waals surface area contributed by atoms with Crippen LogP contribution in [0.3, 0.4) is 0 Å². The zero-order valence-corrected chi connectivity index (χ0v) is 25.3. The largest absolute Gasteiger partial charge is 0.494 e. The monoisotopic (exact) mass is 598 g/mol. The number of aliphatic hydroxyl groups excluding tert-OH is 1. The number of hydrogen-bond acceptors (Lipinski definition) is 5. The summed E-state index contributed by atoms with van der Waals surface area (Å²) in [4.78, 5) is 0. The molecule has 2 heterocycles. The van der Waals surface area contributed by atoms with Crippen LogP contribution in [-0.4, -0.2) is 36.1 Å². The maximum Gasteiger partial charge on any atom is 0.123 e. The second-order valence-electron chi connectivity index (χ2n) is 11.6. The van der Waals surface area contributed by atoms with Gasteiger partial charge in [-0.3, -0.25) is 0 Å². The van der Waals surface area contributed by atoms with Gasteiger partial charge in [0, 0.05) is 11.4 Å². The van der Waals surface area contributed by atoms with E-state index >= 15 is 0 Å². The fourth-order valence-corrected chi connectivity index (χ4v) is 6.74. The minimum absolute atomic E-state index is 0.0714. The molecule has 4 atom stereocenters. The molecule has 0 spiro atoms. The average molecular weight is 599 g/mol. The van der Waals surface area contributed by atoms with Gasteiger partial charge in [-0.25, -0.2) is 0 Å². The fourth-order valence-electron chi connectivity index (χ4n) is 6.55. The van der Waals surface area contributed by atoms with Gasteiger partial charge in [0.25, 0.3) is 0 Å². The lowest BCUT2D eigenvalue weighted by Crippen LogP contribution is -2.58. The number of halogens is 1. The van der Waals surface area contributed by atoms with Crippen LogP contribution in [0.5, 0.6) is 5.75 Å². The van der Waals surface area contributed by atoms with E-state index in [1.165, 1.54) is 0 Å². The lowest BCUT2D eigenvalue weighted by atomic mass is 9.81. The van der Waals surface area contributed by atoms with E-state index in [0.717, 1.165) is 40.0 Å². The van der Waals surface area contributed by atoms with E-state index < -0.39 is 17.3 Å². The summed E-state index contributed by atoms with van der Waals surface area (Å²) in [7, 11) is 0. The Bertz CT molecular complexity index is 1480. The standard InChI is InChI=1S/C37H39ClO5/c1-2-40-32-16-13-27(14-17-32)21-30-22-31(15-18-33(30)38)37-20-19-36(26-39,43-37)23-34(41-24-28-9-5-3-6-10-28)35(37)42-25-29-11-7-4-8-12-29/h3-18,22,34-35,39H,2,19-21,23-26H2,1H3/t34?,35-,36+,37+/m1/s1. The van der Waals surface area contributed by atoms with Crippen LogP contribution >= 0.6 is 11.6 Å². The molecule has 2 saturated heterocycles. The van der Waals surface area contributed by atoms with Crippen LogP contribution in [0.15, 0.2) is 103 Å². The zero-order valence-electron chi connectivity index (χ0n) is 24.6. The highest BCUT2D eigenvalue weighted by molar-refractivity contribution is 6.31. The van der Waals surface area contributed by atoms with Crippen molar-refractivity contribution in [1.82, 2.24) is 0 Å². The van der Waals surface area contributed by atoms with E-state index in [4.69, 9.17) is 30.5 Å². The SMILES string of the molecule is CCOc1ccc(Cc2cc([C@@]34CC[C@@](CO)(CC(OCc5ccccc5)[C@H]3OCc3ccccc3)O4)ccc2Cl)cc1. The number of fused-ring (bicyclic) bond motifs is 2. The van der Waals surface area contributed by atoms with Gasteiger partial charge in [0.05, 0.1) is 38.1 Å². The number of ether oxygens (including phenoxy) is 4. The van der Waals surface area contributed by atoms with Crippen molar-refractivity contribution in [2.75, 3.05) is 13.2 Å². The first-order valence-electron chi connectivity index (χ1n) is 15.2. The van der Waals surface area contributed by atoms with Crippen LogP contribution in [-0.2, 0) is 39.4 Å². The Kier molecular flexibility index (Phi) is 9.17. The molecule has 2 aliphatic rings. The third kappa shape index (κ3) is 6.52. The van der Waals surface area contributed by atoms with Crippen LogP contribution in [0.4, 0.5) is 0 Å². The molecule has 224 valence electrons. The van der Waals surface area contributed by atoms with Crippen molar-refractivity contribution in [2.45, 2.75) is 69.2 Å². The quantitative estimate of drug-likeness (QED) is 0.182. The highest BCUT2D eigenvalue weighted by Crippen LogP contribution is 2.55. The molecule has 2 bridgehead atoms.